The predicted octanol–water partition coefficient (Wildman–Crippen LogP) is 0.973. The van der Waals surface area contributed by atoms with E-state index in [0.29, 0.717) is 18.7 Å². The van der Waals surface area contributed by atoms with Crippen molar-refractivity contribution >= 4 is 17.7 Å². The highest BCUT2D eigenvalue weighted by molar-refractivity contribution is 6.11. The fourth-order valence-electron chi connectivity index (χ4n) is 1.52. The number of methoxy groups -OCH3 is 1. The molecular weight excluding hydrogens is 208 g/mol. The van der Waals surface area contributed by atoms with Gasteiger partial charge in [-0.05, 0) is 25.0 Å². The topological polar surface area (TPSA) is 68.3 Å². The number of hydrogen-bond donors (Lipinski definition) is 1. The largest absolute Gasteiger partial charge is 0.468 e. The molecule has 2 rings (SSSR count). The summed E-state index contributed by atoms with van der Waals surface area (Å²) in [5.74, 6) is -0.360. The quantitative estimate of drug-likeness (QED) is 0.608. The zero-order valence-electron chi connectivity index (χ0n) is 8.90. The summed E-state index contributed by atoms with van der Waals surface area (Å²) in [6, 6.07) is 5.19. The number of anilines is 1. The number of hydrogen-bond acceptors (Lipinski definition) is 4. The number of esters is 1. The lowest BCUT2D eigenvalue weighted by atomic mass is 10.1. The molecule has 1 aliphatic rings. The summed E-state index contributed by atoms with van der Waals surface area (Å²) in [4.78, 5) is 27.2. The molecule has 84 valence electrons. The minimum Gasteiger partial charge on any atom is -0.468 e. The summed E-state index contributed by atoms with van der Waals surface area (Å²) in [7, 11) is 1.29. The third-order valence-electron chi connectivity index (χ3n) is 2.67. The first-order chi connectivity index (χ1) is 7.69. The molecule has 0 aromatic carbocycles. The van der Waals surface area contributed by atoms with Gasteiger partial charge in [-0.15, -0.1) is 0 Å². The van der Waals surface area contributed by atoms with E-state index in [2.05, 4.69) is 15.0 Å². The van der Waals surface area contributed by atoms with E-state index in [-0.39, 0.29) is 5.91 Å². The van der Waals surface area contributed by atoms with Crippen LogP contribution in [0, 0.1) is 5.41 Å². The van der Waals surface area contributed by atoms with Gasteiger partial charge in [-0.3, -0.25) is 9.59 Å². The van der Waals surface area contributed by atoms with Crippen molar-refractivity contribution < 1.29 is 14.3 Å². The van der Waals surface area contributed by atoms with Crippen molar-refractivity contribution in [2.75, 3.05) is 12.4 Å². The van der Waals surface area contributed by atoms with Crippen molar-refractivity contribution in [2.24, 2.45) is 5.41 Å². The molecule has 0 aliphatic heterocycles. The van der Waals surface area contributed by atoms with E-state index in [0.717, 1.165) is 0 Å². The van der Waals surface area contributed by atoms with Crippen LogP contribution in [-0.2, 0) is 14.3 Å². The lowest BCUT2D eigenvalue weighted by Crippen LogP contribution is -2.32. The first-order valence-electron chi connectivity index (χ1n) is 5.00. The van der Waals surface area contributed by atoms with Gasteiger partial charge in [0.05, 0.1) is 7.11 Å². The number of pyridine rings is 1. The second-order valence-corrected chi connectivity index (χ2v) is 3.74. The molecule has 0 bridgehead atoms. The highest BCUT2D eigenvalue weighted by Gasteiger charge is 2.57. The Morgan fingerprint density at radius 3 is 2.69 bits per heavy atom. The zero-order chi connectivity index (χ0) is 11.6. The fraction of sp³-hybridized carbons (Fsp3) is 0.364. The number of carbonyl (C=O) groups excluding carboxylic acids is 2. The summed E-state index contributed by atoms with van der Waals surface area (Å²) in [6.45, 7) is 0. The lowest BCUT2D eigenvalue weighted by molar-refractivity contribution is -0.150. The SMILES string of the molecule is COC(=O)C1(C(=O)Nc2ccccn2)CC1. The second kappa shape index (κ2) is 3.92. The van der Waals surface area contributed by atoms with Gasteiger partial charge in [0.2, 0.25) is 5.91 Å². The van der Waals surface area contributed by atoms with Gasteiger partial charge in [0, 0.05) is 6.20 Å². The number of nitrogens with zero attached hydrogens (tertiary/aromatic N) is 1. The zero-order valence-corrected chi connectivity index (χ0v) is 8.90. The van der Waals surface area contributed by atoms with Crippen LogP contribution < -0.4 is 5.32 Å². The van der Waals surface area contributed by atoms with Crippen LogP contribution >= 0.6 is 0 Å². The normalized spacial score (nSPS) is 16.3. The predicted molar refractivity (Wildman–Crippen MR) is 56.5 cm³/mol. The summed E-state index contributed by atoms with van der Waals surface area (Å²) < 4.78 is 4.62. The van der Waals surface area contributed by atoms with Crippen molar-refractivity contribution in [3.05, 3.63) is 24.4 Å². The van der Waals surface area contributed by atoms with Gasteiger partial charge in [0.25, 0.3) is 0 Å². The molecule has 0 unspecified atom stereocenters. The number of aromatic nitrogens is 1. The van der Waals surface area contributed by atoms with Gasteiger partial charge < -0.3 is 10.1 Å². The van der Waals surface area contributed by atoms with E-state index >= 15 is 0 Å². The molecule has 0 spiro atoms. The van der Waals surface area contributed by atoms with Gasteiger partial charge in [-0.1, -0.05) is 6.07 Å². The maximum absolute atomic E-state index is 11.8. The Morgan fingerprint density at radius 2 is 2.19 bits per heavy atom. The Bertz CT molecular complexity index is 412. The van der Waals surface area contributed by atoms with Crippen LogP contribution in [0.3, 0.4) is 0 Å². The third kappa shape index (κ3) is 1.76. The Labute approximate surface area is 92.8 Å². The van der Waals surface area contributed by atoms with E-state index in [1.165, 1.54) is 7.11 Å². The number of carbonyl (C=O) groups is 2. The smallest absolute Gasteiger partial charge is 0.321 e. The Balaban J connectivity index is 2.07. The van der Waals surface area contributed by atoms with Crippen LogP contribution in [0.25, 0.3) is 0 Å². The molecule has 1 saturated carbocycles. The number of amides is 1. The monoisotopic (exact) mass is 220 g/mol. The number of rotatable bonds is 3. The van der Waals surface area contributed by atoms with Crippen LogP contribution in [0.2, 0.25) is 0 Å². The average molecular weight is 220 g/mol. The van der Waals surface area contributed by atoms with Crippen molar-refractivity contribution in [3.8, 4) is 0 Å². The minimum atomic E-state index is -0.980. The molecule has 0 radical (unpaired) electrons. The average Bonchev–Trinajstić information content (AvgIpc) is 3.10. The molecule has 16 heavy (non-hydrogen) atoms. The van der Waals surface area contributed by atoms with Crippen LogP contribution in [0.4, 0.5) is 5.82 Å². The molecule has 1 aliphatic carbocycles. The van der Waals surface area contributed by atoms with Crippen LogP contribution in [0.15, 0.2) is 24.4 Å². The van der Waals surface area contributed by atoms with Gasteiger partial charge in [0.1, 0.15) is 11.2 Å². The second-order valence-electron chi connectivity index (χ2n) is 3.74. The van der Waals surface area contributed by atoms with Crippen molar-refractivity contribution in [2.45, 2.75) is 12.8 Å². The summed E-state index contributed by atoms with van der Waals surface area (Å²) in [5.41, 5.74) is -0.980. The van der Waals surface area contributed by atoms with Gasteiger partial charge >= 0.3 is 5.97 Å². The van der Waals surface area contributed by atoms with E-state index in [9.17, 15) is 9.59 Å². The van der Waals surface area contributed by atoms with Crippen LogP contribution in [-0.4, -0.2) is 24.0 Å². The lowest BCUT2D eigenvalue weighted by Gasteiger charge is -2.11. The van der Waals surface area contributed by atoms with E-state index in [4.69, 9.17) is 0 Å². The summed E-state index contributed by atoms with van der Waals surface area (Å²) >= 11 is 0. The third-order valence-corrected chi connectivity index (χ3v) is 2.67. The van der Waals surface area contributed by atoms with Crippen LogP contribution in [0.5, 0.6) is 0 Å². The first-order valence-corrected chi connectivity index (χ1v) is 5.00. The van der Waals surface area contributed by atoms with Gasteiger partial charge in [-0.2, -0.15) is 0 Å². The van der Waals surface area contributed by atoms with Gasteiger partial charge in [-0.25, -0.2) is 4.98 Å². The highest BCUT2D eigenvalue weighted by atomic mass is 16.5. The molecule has 1 aromatic heterocycles. The van der Waals surface area contributed by atoms with Crippen molar-refractivity contribution in [1.29, 1.82) is 0 Å². The van der Waals surface area contributed by atoms with Crippen LogP contribution in [0.1, 0.15) is 12.8 Å². The van der Waals surface area contributed by atoms with Gasteiger partial charge in [0.15, 0.2) is 0 Å². The standard InChI is InChI=1S/C11H12N2O3/c1-16-10(15)11(5-6-11)9(14)13-8-4-2-3-7-12-8/h2-4,7H,5-6H2,1H3,(H,12,13,14). The Hall–Kier alpha value is -1.91. The molecule has 0 saturated heterocycles. The van der Waals surface area contributed by atoms with Crippen molar-refractivity contribution in [3.63, 3.8) is 0 Å². The number of ether oxygens (including phenoxy) is 1. The highest BCUT2D eigenvalue weighted by Crippen LogP contribution is 2.47. The molecular formula is C11H12N2O3. The molecule has 5 heteroatoms. The first kappa shape index (κ1) is 10.6. The van der Waals surface area contributed by atoms with Crippen molar-refractivity contribution in [1.82, 2.24) is 4.98 Å². The molecule has 5 nitrogen and oxygen atoms in total. The Morgan fingerprint density at radius 1 is 1.44 bits per heavy atom. The molecule has 1 N–H and O–H groups in total. The molecule has 1 heterocycles. The summed E-state index contributed by atoms with van der Waals surface area (Å²) in [6.07, 6.45) is 2.66. The van der Waals surface area contributed by atoms with E-state index in [1.54, 1.807) is 24.4 Å². The maximum atomic E-state index is 11.8. The Kier molecular flexibility index (Phi) is 2.60. The number of nitrogens with one attached hydrogen (secondary N) is 1. The molecule has 1 fully saturated rings. The molecule has 1 amide bonds. The molecule has 1 aromatic rings. The minimum absolute atomic E-state index is 0.335. The summed E-state index contributed by atoms with van der Waals surface area (Å²) in [5, 5.41) is 2.61. The maximum Gasteiger partial charge on any atom is 0.321 e. The fourth-order valence-corrected chi connectivity index (χ4v) is 1.52. The van der Waals surface area contributed by atoms with E-state index < -0.39 is 11.4 Å². The van der Waals surface area contributed by atoms with E-state index in [1.807, 2.05) is 0 Å². The molecule has 0 atom stereocenters.